The number of hydrogen-bond donors (Lipinski definition) is 2. The van der Waals surface area contributed by atoms with Crippen LogP contribution in [-0.4, -0.2) is 16.5 Å². The average Bonchev–Trinajstić information content (AvgIpc) is 2.66. The number of aromatic nitrogens is 1. The van der Waals surface area contributed by atoms with Gasteiger partial charge in [-0.2, -0.15) is 0 Å². The average molecular weight is 217 g/mol. The molecule has 0 radical (unpaired) electrons. The Morgan fingerprint density at radius 1 is 1.38 bits per heavy atom. The van der Waals surface area contributed by atoms with Gasteiger partial charge in [-0.1, -0.05) is 0 Å². The third-order valence-electron chi connectivity index (χ3n) is 3.04. The van der Waals surface area contributed by atoms with Crippen LogP contribution in [-0.2, 0) is 13.0 Å². The van der Waals surface area contributed by atoms with Crippen LogP contribution >= 0.6 is 0 Å². The van der Waals surface area contributed by atoms with Gasteiger partial charge in [-0.3, -0.25) is 10.1 Å². The fourth-order valence-corrected chi connectivity index (χ4v) is 2.25. The molecule has 2 N–H and O–H groups in total. The first-order valence-corrected chi connectivity index (χ1v) is 5.24. The number of nitrogens with one attached hydrogen (secondary N) is 2. The molecule has 1 aliphatic heterocycles. The third kappa shape index (κ3) is 1.29. The Labute approximate surface area is 91.6 Å². The Morgan fingerprint density at radius 3 is 3.06 bits per heavy atom. The van der Waals surface area contributed by atoms with E-state index in [4.69, 9.17) is 0 Å². The number of nitro benzene ring substituents is 1. The zero-order chi connectivity index (χ0) is 11.1. The van der Waals surface area contributed by atoms with Crippen molar-refractivity contribution in [2.24, 2.45) is 0 Å². The Kier molecular flexibility index (Phi) is 1.94. The van der Waals surface area contributed by atoms with E-state index in [1.165, 1.54) is 17.3 Å². The lowest BCUT2D eigenvalue weighted by Crippen LogP contribution is -2.22. The molecule has 2 heterocycles. The number of nitro groups is 1. The monoisotopic (exact) mass is 217 g/mol. The van der Waals surface area contributed by atoms with Gasteiger partial charge in [0.05, 0.1) is 4.92 Å². The number of aromatic amines is 1. The molecule has 0 amide bonds. The molecular formula is C11H11N3O2. The molecule has 0 atom stereocenters. The van der Waals surface area contributed by atoms with E-state index in [0.717, 1.165) is 30.4 Å². The summed E-state index contributed by atoms with van der Waals surface area (Å²) in [6.07, 6.45) is 0.956. The van der Waals surface area contributed by atoms with Gasteiger partial charge in [0.2, 0.25) is 0 Å². The Morgan fingerprint density at radius 2 is 2.25 bits per heavy atom. The molecule has 5 heteroatoms. The van der Waals surface area contributed by atoms with Crippen molar-refractivity contribution in [3.05, 3.63) is 39.6 Å². The topological polar surface area (TPSA) is 71.0 Å². The van der Waals surface area contributed by atoms with E-state index < -0.39 is 0 Å². The fourth-order valence-electron chi connectivity index (χ4n) is 2.25. The van der Waals surface area contributed by atoms with E-state index in [0.29, 0.717) is 0 Å². The molecule has 0 saturated heterocycles. The van der Waals surface area contributed by atoms with E-state index in [1.54, 1.807) is 12.1 Å². The summed E-state index contributed by atoms with van der Waals surface area (Å²) in [5, 5.41) is 15.0. The van der Waals surface area contributed by atoms with Gasteiger partial charge in [0.25, 0.3) is 5.69 Å². The zero-order valence-electron chi connectivity index (χ0n) is 8.62. The van der Waals surface area contributed by atoms with Crippen molar-refractivity contribution < 1.29 is 4.92 Å². The molecule has 1 aromatic carbocycles. The number of nitrogens with zero attached hydrogens (tertiary/aromatic N) is 1. The van der Waals surface area contributed by atoms with Gasteiger partial charge in [0, 0.05) is 48.2 Å². The molecule has 0 spiro atoms. The normalized spacial score (nSPS) is 15.0. The zero-order valence-corrected chi connectivity index (χ0v) is 8.62. The molecule has 0 bridgehead atoms. The van der Waals surface area contributed by atoms with Crippen molar-refractivity contribution in [2.45, 2.75) is 13.0 Å². The van der Waals surface area contributed by atoms with Crippen LogP contribution in [0.15, 0.2) is 18.2 Å². The molecule has 0 saturated carbocycles. The lowest BCUT2D eigenvalue weighted by Gasteiger charge is -2.12. The minimum Gasteiger partial charge on any atom is -0.358 e. The van der Waals surface area contributed by atoms with E-state index >= 15 is 0 Å². The van der Waals surface area contributed by atoms with Crippen LogP contribution in [0.4, 0.5) is 5.69 Å². The number of H-pyrrole nitrogens is 1. The highest BCUT2D eigenvalue weighted by atomic mass is 16.6. The summed E-state index contributed by atoms with van der Waals surface area (Å²) >= 11 is 0. The maximum atomic E-state index is 10.7. The fraction of sp³-hybridized carbons (Fsp3) is 0.273. The van der Waals surface area contributed by atoms with Gasteiger partial charge < -0.3 is 10.3 Å². The van der Waals surface area contributed by atoms with Crippen molar-refractivity contribution in [2.75, 3.05) is 6.54 Å². The Bertz CT molecular complexity index is 574. The van der Waals surface area contributed by atoms with Gasteiger partial charge in [-0.05, 0) is 11.6 Å². The summed E-state index contributed by atoms with van der Waals surface area (Å²) in [4.78, 5) is 13.7. The summed E-state index contributed by atoms with van der Waals surface area (Å²) < 4.78 is 0. The van der Waals surface area contributed by atoms with Crippen molar-refractivity contribution in [1.29, 1.82) is 0 Å². The first kappa shape index (κ1) is 9.35. The summed E-state index contributed by atoms with van der Waals surface area (Å²) in [5.74, 6) is 0. The smallest absolute Gasteiger partial charge is 0.270 e. The Hall–Kier alpha value is -1.88. The summed E-state index contributed by atoms with van der Waals surface area (Å²) in [6, 6.07) is 4.97. The second kappa shape index (κ2) is 3.31. The molecule has 0 unspecified atom stereocenters. The summed E-state index contributed by atoms with van der Waals surface area (Å²) in [7, 11) is 0. The lowest BCUT2D eigenvalue weighted by molar-refractivity contribution is -0.384. The molecule has 16 heavy (non-hydrogen) atoms. The molecule has 2 aromatic rings. The first-order valence-electron chi connectivity index (χ1n) is 5.24. The van der Waals surface area contributed by atoms with Crippen molar-refractivity contribution in [3.8, 4) is 0 Å². The molecule has 0 fully saturated rings. The van der Waals surface area contributed by atoms with Crippen molar-refractivity contribution >= 4 is 16.6 Å². The maximum Gasteiger partial charge on any atom is 0.270 e. The number of benzene rings is 1. The number of hydrogen-bond acceptors (Lipinski definition) is 3. The van der Waals surface area contributed by atoms with Crippen LogP contribution in [0.5, 0.6) is 0 Å². The predicted molar refractivity (Wildman–Crippen MR) is 60.4 cm³/mol. The second-order valence-electron chi connectivity index (χ2n) is 4.00. The van der Waals surface area contributed by atoms with Gasteiger partial charge in [0.15, 0.2) is 0 Å². The molecular weight excluding hydrogens is 206 g/mol. The van der Waals surface area contributed by atoms with E-state index in [9.17, 15) is 10.1 Å². The second-order valence-corrected chi connectivity index (χ2v) is 4.00. The van der Waals surface area contributed by atoms with Crippen LogP contribution in [0.1, 0.15) is 11.3 Å². The number of rotatable bonds is 1. The minimum atomic E-state index is -0.352. The van der Waals surface area contributed by atoms with Gasteiger partial charge >= 0.3 is 0 Å². The van der Waals surface area contributed by atoms with Crippen LogP contribution in [0, 0.1) is 10.1 Å². The molecule has 0 aliphatic carbocycles. The highest BCUT2D eigenvalue weighted by molar-refractivity contribution is 5.86. The van der Waals surface area contributed by atoms with Crippen molar-refractivity contribution in [3.63, 3.8) is 0 Å². The molecule has 82 valence electrons. The highest BCUT2D eigenvalue weighted by Gasteiger charge is 2.17. The van der Waals surface area contributed by atoms with E-state index in [-0.39, 0.29) is 10.6 Å². The lowest BCUT2D eigenvalue weighted by atomic mass is 10.1. The molecule has 3 rings (SSSR count). The standard InChI is InChI=1S/C11H11N3O2/c15-14(16)7-1-2-10-8(5-7)9-6-12-4-3-11(9)13-10/h1-2,5,12-13H,3-4,6H2. The van der Waals surface area contributed by atoms with Crippen LogP contribution in [0.3, 0.4) is 0 Å². The largest absolute Gasteiger partial charge is 0.358 e. The summed E-state index contributed by atoms with van der Waals surface area (Å²) in [6.45, 7) is 1.75. The molecule has 5 nitrogen and oxygen atoms in total. The molecule has 1 aromatic heterocycles. The maximum absolute atomic E-state index is 10.7. The third-order valence-corrected chi connectivity index (χ3v) is 3.04. The highest BCUT2D eigenvalue weighted by Crippen LogP contribution is 2.28. The van der Waals surface area contributed by atoms with Crippen molar-refractivity contribution in [1.82, 2.24) is 10.3 Å². The van der Waals surface area contributed by atoms with Crippen LogP contribution in [0.2, 0.25) is 0 Å². The van der Waals surface area contributed by atoms with Crippen LogP contribution < -0.4 is 5.32 Å². The first-order chi connectivity index (χ1) is 7.75. The quantitative estimate of drug-likeness (QED) is 0.564. The minimum absolute atomic E-state index is 0.153. The van der Waals surface area contributed by atoms with Gasteiger partial charge in [-0.25, -0.2) is 0 Å². The van der Waals surface area contributed by atoms with Gasteiger partial charge in [-0.15, -0.1) is 0 Å². The number of non-ortho nitro benzene ring substituents is 1. The Balaban J connectivity index is 2.25. The number of fused-ring (bicyclic) bond motifs is 3. The summed E-state index contributed by atoms with van der Waals surface area (Å²) in [5.41, 5.74) is 3.51. The SMILES string of the molecule is O=[N+]([O-])c1ccc2[nH]c3c(c2c1)CNCC3. The van der Waals surface area contributed by atoms with E-state index in [1.807, 2.05) is 0 Å². The predicted octanol–water partition coefficient (Wildman–Crippen LogP) is 1.72. The molecule has 1 aliphatic rings. The van der Waals surface area contributed by atoms with Crippen LogP contribution in [0.25, 0.3) is 10.9 Å². The van der Waals surface area contributed by atoms with E-state index in [2.05, 4.69) is 10.3 Å². The van der Waals surface area contributed by atoms with Gasteiger partial charge in [0.1, 0.15) is 0 Å².